The van der Waals surface area contributed by atoms with Crippen LogP contribution in [-0.4, -0.2) is 39.3 Å². The molecule has 0 atom stereocenters. The number of thioether (sulfide) groups is 1. The Kier molecular flexibility index (Phi) is 5.71. The molecule has 0 bridgehead atoms. The molecule has 21 heavy (non-hydrogen) atoms. The van der Waals surface area contributed by atoms with Gasteiger partial charge in [0, 0.05) is 16.6 Å². The van der Waals surface area contributed by atoms with Gasteiger partial charge in [0.05, 0.1) is 5.75 Å². The molecule has 1 aromatic heterocycles. The number of hydrogen-bond donors (Lipinski definition) is 3. The van der Waals surface area contributed by atoms with Crippen LogP contribution in [0.3, 0.4) is 0 Å². The lowest BCUT2D eigenvalue weighted by molar-refractivity contribution is -0.117. The van der Waals surface area contributed by atoms with E-state index in [0.717, 1.165) is 11.8 Å². The van der Waals surface area contributed by atoms with E-state index in [4.69, 9.17) is 5.11 Å². The molecule has 0 aliphatic carbocycles. The maximum atomic E-state index is 11.6. The maximum Gasteiger partial charge on any atom is 0.354 e. The Morgan fingerprint density at radius 1 is 1.33 bits per heavy atom. The topological polar surface area (TPSA) is 108 Å². The first-order valence-corrected chi connectivity index (χ1v) is 7.10. The van der Waals surface area contributed by atoms with E-state index in [-0.39, 0.29) is 11.4 Å². The van der Waals surface area contributed by atoms with Crippen molar-refractivity contribution < 1.29 is 19.5 Å². The van der Waals surface area contributed by atoms with Crippen molar-refractivity contribution in [3.05, 3.63) is 24.0 Å². The van der Waals surface area contributed by atoms with Crippen LogP contribution in [0.2, 0.25) is 0 Å². The number of nitrogens with zero attached hydrogens (tertiary/aromatic N) is 1. The summed E-state index contributed by atoms with van der Waals surface area (Å²) >= 11 is 1.12. The summed E-state index contributed by atoms with van der Waals surface area (Å²) in [6.07, 6.45) is 1.36. The fourth-order valence-corrected chi connectivity index (χ4v) is 2.02. The van der Waals surface area contributed by atoms with Gasteiger partial charge in [0.25, 0.3) is 0 Å². The lowest BCUT2D eigenvalue weighted by Gasteiger charge is -2.20. The Morgan fingerprint density at radius 3 is 2.57 bits per heavy atom. The monoisotopic (exact) mass is 311 g/mol. The lowest BCUT2D eigenvalue weighted by atomic mass is 10.1. The van der Waals surface area contributed by atoms with Gasteiger partial charge < -0.3 is 10.4 Å². The molecule has 114 valence electrons. The maximum absolute atomic E-state index is 11.6. The van der Waals surface area contributed by atoms with E-state index < -0.39 is 23.4 Å². The number of amides is 3. The second-order valence-corrected chi connectivity index (χ2v) is 6.27. The molecule has 8 heteroatoms. The van der Waals surface area contributed by atoms with Crippen molar-refractivity contribution in [1.82, 2.24) is 15.6 Å². The van der Waals surface area contributed by atoms with Crippen LogP contribution in [-0.2, 0) is 4.79 Å². The number of carboxylic acids is 1. The molecule has 1 heterocycles. The zero-order valence-electron chi connectivity index (χ0n) is 12.0. The van der Waals surface area contributed by atoms with Crippen LogP contribution in [0.4, 0.5) is 4.79 Å². The summed E-state index contributed by atoms with van der Waals surface area (Å²) in [6.45, 7) is 5.41. The number of urea groups is 1. The molecule has 0 aliphatic rings. The summed E-state index contributed by atoms with van der Waals surface area (Å²) in [7, 11) is 0. The molecule has 1 aromatic rings. The average Bonchev–Trinajstić information content (AvgIpc) is 2.34. The molecule has 7 nitrogen and oxygen atoms in total. The fraction of sp³-hybridized carbons (Fsp3) is 0.385. The molecule has 0 saturated heterocycles. The molecular weight excluding hydrogens is 294 g/mol. The van der Waals surface area contributed by atoms with E-state index in [1.807, 2.05) is 0 Å². The first-order chi connectivity index (χ1) is 9.67. The van der Waals surface area contributed by atoms with E-state index >= 15 is 0 Å². The highest BCUT2D eigenvalue weighted by Gasteiger charge is 2.15. The smallest absolute Gasteiger partial charge is 0.354 e. The number of aromatic carboxylic acids is 1. The highest BCUT2D eigenvalue weighted by molar-refractivity contribution is 8.00. The van der Waals surface area contributed by atoms with Crippen LogP contribution in [0.5, 0.6) is 0 Å². The van der Waals surface area contributed by atoms with Gasteiger partial charge in [-0.05, 0) is 32.9 Å². The minimum atomic E-state index is -1.13. The Hall–Kier alpha value is -2.09. The van der Waals surface area contributed by atoms with Crippen molar-refractivity contribution in [2.75, 3.05) is 5.75 Å². The Labute approximate surface area is 126 Å². The summed E-state index contributed by atoms with van der Waals surface area (Å²) in [5.41, 5.74) is -0.523. The summed E-state index contributed by atoms with van der Waals surface area (Å²) in [6, 6.07) is 2.41. The second-order valence-electron chi connectivity index (χ2n) is 5.22. The third-order valence-corrected chi connectivity index (χ3v) is 3.06. The van der Waals surface area contributed by atoms with Crippen molar-refractivity contribution in [1.29, 1.82) is 0 Å². The van der Waals surface area contributed by atoms with Crippen molar-refractivity contribution >= 4 is 29.7 Å². The quantitative estimate of drug-likeness (QED) is 0.727. The average molecular weight is 311 g/mol. The molecular formula is C13H17N3O4S. The zero-order chi connectivity index (χ0) is 16.0. The number of pyridine rings is 1. The van der Waals surface area contributed by atoms with Crippen LogP contribution < -0.4 is 10.6 Å². The van der Waals surface area contributed by atoms with E-state index in [2.05, 4.69) is 15.6 Å². The first kappa shape index (κ1) is 17.0. The van der Waals surface area contributed by atoms with Gasteiger partial charge in [-0.1, -0.05) is 0 Å². The summed E-state index contributed by atoms with van der Waals surface area (Å²) in [5.74, 6) is -1.59. The van der Waals surface area contributed by atoms with Gasteiger partial charge in [0.1, 0.15) is 5.69 Å². The Balaban J connectivity index is 2.48. The SMILES string of the molecule is CC(C)(C)NC(=O)NC(=O)CSc1ccnc(C(=O)O)c1. The van der Waals surface area contributed by atoms with Gasteiger partial charge in [-0.2, -0.15) is 0 Å². The molecule has 3 N–H and O–H groups in total. The standard InChI is InChI=1S/C13H17N3O4S/c1-13(2,3)16-12(20)15-10(17)7-21-8-4-5-14-9(6-8)11(18)19/h4-6H,7H2,1-3H3,(H,18,19)(H2,15,16,17,20). The highest BCUT2D eigenvalue weighted by Crippen LogP contribution is 2.17. The van der Waals surface area contributed by atoms with Crippen LogP contribution in [0.15, 0.2) is 23.2 Å². The largest absolute Gasteiger partial charge is 0.477 e. The first-order valence-electron chi connectivity index (χ1n) is 6.11. The number of carbonyl (C=O) groups is 3. The van der Waals surface area contributed by atoms with Gasteiger partial charge >= 0.3 is 12.0 Å². The van der Waals surface area contributed by atoms with Gasteiger partial charge in [-0.3, -0.25) is 10.1 Å². The normalized spacial score (nSPS) is 10.8. The predicted molar refractivity (Wildman–Crippen MR) is 78.3 cm³/mol. The summed E-state index contributed by atoms with van der Waals surface area (Å²) < 4.78 is 0. The number of carboxylic acid groups (broad SMARTS) is 1. The van der Waals surface area contributed by atoms with Gasteiger partial charge in [0.2, 0.25) is 5.91 Å². The van der Waals surface area contributed by atoms with E-state index in [9.17, 15) is 14.4 Å². The lowest BCUT2D eigenvalue weighted by Crippen LogP contribution is -2.48. The van der Waals surface area contributed by atoms with Gasteiger partial charge in [-0.15, -0.1) is 11.8 Å². The number of carbonyl (C=O) groups excluding carboxylic acids is 2. The number of nitrogens with one attached hydrogen (secondary N) is 2. The van der Waals surface area contributed by atoms with Crippen LogP contribution >= 0.6 is 11.8 Å². The fourth-order valence-electron chi connectivity index (χ4n) is 1.30. The molecule has 0 aromatic carbocycles. The van der Waals surface area contributed by atoms with Crippen LogP contribution in [0, 0.1) is 0 Å². The molecule has 0 saturated carbocycles. The predicted octanol–water partition coefficient (Wildman–Crippen LogP) is 1.50. The zero-order valence-corrected chi connectivity index (χ0v) is 12.8. The molecule has 0 radical (unpaired) electrons. The van der Waals surface area contributed by atoms with E-state index in [1.165, 1.54) is 12.3 Å². The number of hydrogen-bond acceptors (Lipinski definition) is 5. The minimum Gasteiger partial charge on any atom is -0.477 e. The third kappa shape index (κ3) is 6.75. The van der Waals surface area contributed by atoms with E-state index in [1.54, 1.807) is 26.8 Å². The van der Waals surface area contributed by atoms with Crippen molar-refractivity contribution in [3.8, 4) is 0 Å². The molecule has 0 spiro atoms. The highest BCUT2D eigenvalue weighted by atomic mass is 32.2. The number of rotatable bonds is 4. The third-order valence-electron chi connectivity index (χ3n) is 2.06. The molecule has 3 amide bonds. The molecule has 0 aliphatic heterocycles. The Bertz CT molecular complexity index is 555. The Morgan fingerprint density at radius 2 is 2.00 bits per heavy atom. The van der Waals surface area contributed by atoms with Gasteiger partial charge in [-0.25, -0.2) is 14.6 Å². The van der Waals surface area contributed by atoms with Crippen LogP contribution in [0.25, 0.3) is 0 Å². The minimum absolute atomic E-state index is 0.000630. The molecule has 0 unspecified atom stereocenters. The van der Waals surface area contributed by atoms with Gasteiger partial charge in [0.15, 0.2) is 0 Å². The molecule has 0 fully saturated rings. The second kappa shape index (κ2) is 7.07. The number of imide groups is 1. The summed E-state index contributed by atoms with van der Waals surface area (Å²) in [4.78, 5) is 38.1. The van der Waals surface area contributed by atoms with Crippen molar-refractivity contribution in [2.45, 2.75) is 31.2 Å². The van der Waals surface area contributed by atoms with Crippen LogP contribution in [0.1, 0.15) is 31.3 Å². The summed E-state index contributed by atoms with van der Waals surface area (Å²) in [5, 5.41) is 13.6. The van der Waals surface area contributed by atoms with Crippen molar-refractivity contribution in [3.63, 3.8) is 0 Å². The molecule has 1 rings (SSSR count). The van der Waals surface area contributed by atoms with Crippen molar-refractivity contribution in [2.24, 2.45) is 0 Å². The van der Waals surface area contributed by atoms with E-state index in [0.29, 0.717) is 4.90 Å². The number of aromatic nitrogens is 1.